The van der Waals surface area contributed by atoms with Crippen LogP contribution in [0.3, 0.4) is 0 Å². The molecule has 2 N–H and O–H groups in total. The number of nitrogens with two attached hydrogens (primary N) is 1. The van der Waals surface area contributed by atoms with Gasteiger partial charge in [0.25, 0.3) is 0 Å². The first-order chi connectivity index (χ1) is 7.81. The molecule has 0 bridgehead atoms. The number of carbonyl (C=O) groups excluding carboxylic acids is 1. The van der Waals surface area contributed by atoms with Crippen molar-refractivity contribution < 1.29 is 9.53 Å². The Morgan fingerprint density at radius 3 is 2.38 bits per heavy atom. The fourth-order valence-corrected chi connectivity index (χ4v) is 1.50. The van der Waals surface area contributed by atoms with E-state index in [1.165, 1.54) is 26.4 Å². The van der Waals surface area contributed by atoms with E-state index in [1.54, 1.807) is 0 Å². The Morgan fingerprint density at radius 1 is 1.06 bits per heavy atom. The minimum Gasteiger partial charge on any atom is -0.469 e. The van der Waals surface area contributed by atoms with Gasteiger partial charge in [0.1, 0.15) is 0 Å². The summed E-state index contributed by atoms with van der Waals surface area (Å²) in [5.74, 6) is -0.0929. The van der Waals surface area contributed by atoms with E-state index in [9.17, 15) is 4.79 Å². The lowest BCUT2D eigenvalue weighted by Crippen LogP contribution is -1.99. The molecule has 0 amide bonds. The van der Waals surface area contributed by atoms with E-state index in [0.717, 1.165) is 32.2 Å². The summed E-state index contributed by atoms with van der Waals surface area (Å²) in [5, 5.41) is 0. The van der Waals surface area contributed by atoms with E-state index < -0.39 is 0 Å². The molecule has 0 aliphatic rings. The minimum absolute atomic E-state index is 0.0929. The molecule has 16 heavy (non-hydrogen) atoms. The smallest absolute Gasteiger partial charge is 0.305 e. The van der Waals surface area contributed by atoms with Gasteiger partial charge in [-0.2, -0.15) is 0 Å². The second kappa shape index (κ2) is 12.2. The van der Waals surface area contributed by atoms with Crippen LogP contribution in [0, 0.1) is 0 Å². The second-order valence-electron chi connectivity index (χ2n) is 3.93. The van der Waals surface area contributed by atoms with Crippen molar-refractivity contribution >= 4 is 5.97 Å². The number of unbranched alkanes of at least 4 members (excludes halogenated alkanes) is 5. The van der Waals surface area contributed by atoms with Crippen LogP contribution in [-0.4, -0.2) is 19.6 Å². The molecule has 0 fully saturated rings. The number of esters is 1. The number of carbonyl (C=O) groups is 1. The van der Waals surface area contributed by atoms with Crippen LogP contribution >= 0.6 is 0 Å². The van der Waals surface area contributed by atoms with Crippen LogP contribution in [0.4, 0.5) is 0 Å². The summed E-state index contributed by atoms with van der Waals surface area (Å²) in [6.07, 6.45) is 12.8. The molecular formula is C13H25NO2. The Kier molecular flexibility index (Phi) is 11.6. The topological polar surface area (TPSA) is 52.3 Å². The highest BCUT2D eigenvalue weighted by molar-refractivity contribution is 5.68. The van der Waals surface area contributed by atoms with Gasteiger partial charge in [-0.1, -0.05) is 31.4 Å². The quantitative estimate of drug-likeness (QED) is 0.355. The first-order valence-corrected chi connectivity index (χ1v) is 6.23. The SMILES string of the molecule is COC(=O)CCCCCCC/C=C/CCN. The van der Waals surface area contributed by atoms with Gasteiger partial charge in [0.2, 0.25) is 0 Å². The number of ether oxygens (including phenoxy) is 1. The van der Waals surface area contributed by atoms with Gasteiger partial charge in [0, 0.05) is 6.42 Å². The molecule has 0 aromatic rings. The molecule has 0 radical (unpaired) electrons. The normalized spacial score (nSPS) is 10.9. The van der Waals surface area contributed by atoms with Crippen molar-refractivity contribution in [2.45, 2.75) is 51.4 Å². The maximum absolute atomic E-state index is 10.8. The Hall–Kier alpha value is -0.830. The maximum atomic E-state index is 10.8. The Labute approximate surface area is 99.0 Å². The van der Waals surface area contributed by atoms with E-state index >= 15 is 0 Å². The number of allylic oxidation sites excluding steroid dienone is 1. The van der Waals surface area contributed by atoms with Crippen LogP contribution in [-0.2, 0) is 9.53 Å². The number of methoxy groups -OCH3 is 1. The second-order valence-corrected chi connectivity index (χ2v) is 3.93. The Morgan fingerprint density at radius 2 is 1.69 bits per heavy atom. The predicted octanol–water partition coefficient (Wildman–Crippen LogP) is 2.80. The zero-order chi connectivity index (χ0) is 12.1. The zero-order valence-corrected chi connectivity index (χ0v) is 10.4. The molecule has 0 aliphatic heterocycles. The van der Waals surface area contributed by atoms with E-state index in [4.69, 9.17) is 5.73 Å². The highest BCUT2D eigenvalue weighted by atomic mass is 16.5. The van der Waals surface area contributed by atoms with Crippen LogP contribution in [0.25, 0.3) is 0 Å². The molecule has 0 saturated carbocycles. The Balaban J connectivity index is 3.07. The van der Waals surface area contributed by atoms with Gasteiger partial charge in [-0.05, 0) is 32.2 Å². The van der Waals surface area contributed by atoms with Crippen molar-refractivity contribution in [3.8, 4) is 0 Å². The standard InChI is InChI=1S/C13H25NO2/c1-16-13(15)11-9-7-5-3-2-4-6-8-10-12-14/h6,8H,2-5,7,9-12,14H2,1H3/b8-6+. The van der Waals surface area contributed by atoms with Crippen LogP contribution in [0.15, 0.2) is 12.2 Å². The lowest BCUT2D eigenvalue weighted by molar-refractivity contribution is -0.140. The van der Waals surface area contributed by atoms with Gasteiger partial charge < -0.3 is 10.5 Å². The van der Waals surface area contributed by atoms with Crippen molar-refractivity contribution in [2.75, 3.05) is 13.7 Å². The van der Waals surface area contributed by atoms with Crippen LogP contribution in [0.5, 0.6) is 0 Å². The molecule has 0 heterocycles. The summed E-state index contributed by atoms with van der Waals surface area (Å²) in [7, 11) is 1.44. The van der Waals surface area contributed by atoms with Crippen molar-refractivity contribution in [2.24, 2.45) is 5.73 Å². The lowest BCUT2D eigenvalue weighted by Gasteiger charge is -1.99. The van der Waals surface area contributed by atoms with Crippen molar-refractivity contribution in [1.82, 2.24) is 0 Å². The van der Waals surface area contributed by atoms with E-state index in [2.05, 4.69) is 16.9 Å². The number of hydrogen-bond donors (Lipinski definition) is 1. The van der Waals surface area contributed by atoms with Gasteiger partial charge in [0.05, 0.1) is 7.11 Å². The van der Waals surface area contributed by atoms with Gasteiger partial charge in [-0.25, -0.2) is 0 Å². The fourth-order valence-electron chi connectivity index (χ4n) is 1.50. The first kappa shape index (κ1) is 15.2. The summed E-state index contributed by atoms with van der Waals surface area (Å²) in [6.45, 7) is 0.740. The molecule has 0 spiro atoms. The third-order valence-electron chi connectivity index (χ3n) is 2.48. The van der Waals surface area contributed by atoms with Crippen molar-refractivity contribution in [3.63, 3.8) is 0 Å². The average molecular weight is 227 g/mol. The molecule has 0 aromatic heterocycles. The predicted molar refractivity (Wildman–Crippen MR) is 67.1 cm³/mol. The fraction of sp³-hybridized carbons (Fsp3) is 0.769. The van der Waals surface area contributed by atoms with E-state index in [0.29, 0.717) is 6.42 Å². The molecule has 0 aliphatic carbocycles. The summed E-state index contributed by atoms with van der Waals surface area (Å²) in [6, 6.07) is 0. The molecule has 0 saturated heterocycles. The zero-order valence-electron chi connectivity index (χ0n) is 10.4. The summed E-state index contributed by atoms with van der Waals surface area (Å²) in [5.41, 5.74) is 5.37. The van der Waals surface area contributed by atoms with Crippen LogP contribution in [0.1, 0.15) is 51.4 Å². The third kappa shape index (κ3) is 11.2. The van der Waals surface area contributed by atoms with Crippen LogP contribution < -0.4 is 5.73 Å². The summed E-state index contributed by atoms with van der Waals surface area (Å²) >= 11 is 0. The van der Waals surface area contributed by atoms with Gasteiger partial charge >= 0.3 is 5.97 Å². The van der Waals surface area contributed by atoms with Crippen molar-refractivity contribution in [1.29, 1.82) is 0 Å². The largest absolute Gasteiger partial charge is 0.469 e. The molecular weight excluding hydrogens is 202 g/mol. The summed E-state index contributed by atoms with van der Waals surface area (Å²) < 4.78 is 4.57. The van der Waals surface area contributed by atoms with E-state index in [1.807, 2.05) is 0 Å². The Bertz CT molecular complexity index is 190. The maximum Gasteiger partial charge on any atom is 0.305 e. The van der Waals surface area contributed by atoms with Crippen LogP contribution in [0.2, 0.25) is 0 Å². The first-order valence-electron chi connectivity index (χ1n) is 6.23. The van der Waals surface area contributed by atoms with Crippen molar-refractivity contribution in [3.05, 3.63) is 12.2 Å². The third-order valence-corrected chi connectivity index (χ3v) is 2.48. The molecule has 3 nitrogen and oxygen atoms in total. The number of hydrogen-bond acceptors (Lipinski definition) is 3. The van der Waals surface area contributed by atoms with Gasteiger partial charge in [-0.3, -0.25) is 4.79 Å². The molecule has 0 rings (SSSR count). The number of rotatable bonds is 10. The molecule has 3 heteroatoms. The lowest BCUT2D eigenvalue weighted by atomic mass is 10.1. The molecule has 0 aromatic carbocycles. The molecule has 0 unspecified atom stereocenters. The highest BCUT2D eigenvalue weighted by Gasteiger charge is 1.98. The molecule has 94 valence electrons. The average Bonchev–Trinajstić information content (AvgIpc) is 2.31. The summed E-state index contributed by atoms with van der Waals surface area (Å²) in [4.78, 5) is 10.8. The van der Waals surface area contributed by atoms with E-state index in [-0.39, 0.29) is 5.97 Å². The highest BCUT2D eigenvalue weighted by Crippen LogP contribution is 2.08. The molecule has 0 atom stereocenters. The van der Waals surface area contributed by atoms with Gasteiger partial charge in [0.15, 0.2) is 0 Å². The monoisotopic (exact) mass is 227 g/mol. The minimum atomic E-state index is -0.0929. The van der Waals surface area contributed by atoms with Gasteiger partial charge in [-0.15, -0.1) is 0 Å².